The highest BCUT2D eigenvalue weighted by Gasteiger charge is 2.15. The topological polar surface area (TPSA) is 45.0 Å². The Morgan fingerprint density at radius 2 is 2.00 bits per heavy atom. The van der Waals surface area contributed by atoms with Gasteiger partial charge in [0.2, 0.25) is 0 Å². The third kappa shape index (κ3) is 2.86. The van der Waals surface area contributed by atoms with Gasteiger partial charge >= 0.3 is 0 Å². The normalized spacial score (nSPS) is 12.5. The number of nitrogens with two attached hydrogens (primary N) is 1. The summed E-state index contributed by atoms with van der Waals surface area (Å²) in [6.45, 7) is 4.92. The molecular formula is C10H19N3. The van der Waals surface area contributed by atoms with Crippen LogP contribution in [0.1, 0.15) is 25.2 Å². The second kappa shape index (κ2) is 3.52. The zero-order valence-electron chi connectivity index (χ0n) is 8.89. The lowest BCUT2D eigenvalue weighted by Gasteiger charge is -2.16. The van der Waals surface area contributed by atoms with Gasteiger partial charge in [-0.1, -0.05) is 0 Å². The first-order valence-corrected chi connectivity index (χ1v) is 4.51. The lowest BCUT2D eigenvalue weighted by Crippen LogP contribution is -2.29. The van der Waals surface area contributed by atoms with E-state index in [2.05, 4.69) is 22.0 Å². The molecule has 0 amide bonds. The average Bonchev–Trinajstić information content (AvgIpc) is 2.32. The molecule has 3 heteroatoms. The molecular weight excluding hydrogens is 162 g/mol. The fourth-order valence-corrected chi connectivity index (χ4v) is 1.25. The van der Waals surface area contributed by atoms with Crippen LogP contribution < -0.4 is 5.73 Å². The lowest BCUT2D eigenvalue weighted by molar-refractivity contribution is 0.396. The van der Waals surface area contributed by atoms with Crippen LogP contribution >= 0.6 is 0 Å². The Balaban J connectivity index is 2.75. The maximum atomic E-state index is 5.96. The van der Waals surface area contributed by atoms with E-state index in [1.54, 1.807) is 0 Å². The van der Waals surface area contributed by atoms with Crippen LogP contribution in [0, 0.1) is 0 Å². The first-order valence-electron chi connectivity index (χ1n) is 4.51. The van der Waals surface area contributed by atoms with Crippen LogP contribution in [0.5, 0.6) is 0 Å². The van der Waals surface area contributed by atoms with Gasteiger partial charge in [0.1, 0.15) is 0 Å². The molecule has 1 aromatic rings. The summed E-state index contributed by atoms with van der Waals surface area (Å²) in [5, 5.41) is 0. The molecule has 3 N–H and O–H groups in total. The Bertz CT molecular complexity index is 268. The van der Waals surface area contributed by atoms with Crippen molar-refractivity contribution in [2.45, 2.75) is 25.9 Å². The summed E-state index contributed by atoms with van der Waals surface area (Å²) in [7, 11) is 4.10. The minimum absolute atomic E-state index is 0.273. The number of aromatic amines is 1. The van der Waals surface area contributed by atoms with Crippen LogP contribution in [0.3, 0.4) is 0 Å². The average molecular weight is 181 g/mol. The number of nitrogens with zero attached hydrogens (tertiary/aromatic N) is 1. The van der Waals surface area contributed by atoms with Crippen LogP contribution in [0.4, 0.5) is 0 Å². The smallest absolute Gasteiger partial charge is 0.0504 e. The van der Waals surface area contributed by atoms with E-state index in [1.807, 2.05) is 27.9 Å². The van der Waals surface area contributed by atoms with Gasteiger partial charge in [-0.25, -0.2) is 0 Å². The molecule has 1 rings (SSSR count). The minimum Gasteiger partial charge on any atom is -0.360 e. The number of aromatic nitrogens is 1. The summed E-state index contributed by atoms with van der Waals surface area (Å²) < 4.78 is 0. The van der Waals surface area contributed by atoms with Gasteiger partial charge in [-0.05, 0) is 40.1 Å². The van der Waals surface area contributed by atoms with Gasteiger partial charge in [-0.3, -0.25) is 0 Å². The molecule has 1 heterocycles. The Kier molecular flexibility index (Phi) is 2.78. The number of hydrogen-bond donors (Lipinski definition) is 2. The Labute approximate surface area is 79.9 Å². The third-order valence-electron chi connectivity index (χ3n) is 1.93. The van der Waals surface area contributed by atoms with Crippen LogP contribution in [-0.2, 0) is 12.1 Å². The standard InChI is InChI=1S/C10H19N3/c1-10(2,11)9-6-5-8(12-9)7-13(3)4/h5-6,12H,7,11H2,1-4H3. The summed E-state index contributed by atoms with van der Waals surface area (Å²) in [5.74, 6) is 0. The van der Waals surface area contributed by atoms with Gasteiger partial charge < -0.3 is 15.6 Å². The molecule has 0 spiro atoms. The van der Waals surface area contributed by atoms with E-state index in [-0.39, 0.29) is 5.54 Å². The van der Waals surface area contributed by atoms with Crippen molar-refractivity contribution in [2.24, 2.45) is 5.73 Å². The van der Waals surface area contributed by atoms with Gasteiger partial charge in [0.25, 0.3) is 0 Å². The van der Waals surface area contributed by atoms with Gasteiger partial charge in [0.05, 0.1) is 5.54 Å². The van der Waals surface area contributed by atoms with Crippen molar-refractivity contribution in [3.8, 4) is 0 Å². The van der Waals surface area contributed by atoms with E-state index in [0.29, 0.717) is 0 Å². The van der Waals surface area contributed by atoms with Gasteiger partial charge in [0.15, 0.2) is 0 Å². The van der Waals surface area contributed by atoms with Crippen molar-refractivity contribution in [2.75, 3.05) is 14.1 Å². The van der Waals surface area contributed by atoms with E-state index in [0.717, 1.165) is 12.2 Å². The van der Waals surface area contributed by atoms with Crippen molar-refractivity contribution >= 4 is 0 Å². The summed E-state index contributed by atoms with van der Waals surface area (Å²) >= 11 is 0. The zero-order chi connectivity index (χ0) is 10.1. The van der Waals surface area contributed by atoms with Gasteiger partial charge in [-0.2, -0.15) is 0 Å². The number of H-pyrrole nitrogens is 1. The maximum absolute atomic E-state index is 5.96. The van der Waals surface area contributed by atoms with E-state index < -0.39 is 0 Å². The molecule has 13 heavy (non-hydrogen) atoms. The monoisotopic (exact) mass is 181 g/mol. The largest absolute Gasteiger partial charge is 0.360 e. The number of nitrogens with one attached hydrogen (secondary N) is 1. The van der Waals surface area contributed by atoms with Crippen molar-refractivity contribution in [3.05, 3.63) is 23.5 Å². The summed E-state index contributed by atoms with van der Waals surface area (Å²) in [6, 6.07) is 4.14. The second-order valence-corrected chi connectivity index (χ2v) is 4.36. The van der Waals surface area contributed by atoms with Crippen LogP contribution in [0.15, 0.2) is 12.1 Å². The SMILES string of the molecule is CN(C)Cc1ccc(C(C)(C)N)[nH]1. The van der Waals surface area contributed by atoms with Crippen molar-refractivity contribution in [1.82, 2.24) is 9.88 Å². The molecule has 0 aliphatic rings. The number of hydrogen-bond acceptors (Lipinski definition) is 2. The highest BCUT2D eigenvalue weighted by molar-refractivity contribution is 5.18. The summed E-state index contributed by atoms with van der Waals surface area (Å²) in [6.07, 6.45) is 0. The predicted molar refractivity (Wildman–Crippen MR) is 55.4 cm³/mol. The van der Waals surface area contributed by atoms with Crippen LogP contribution in [-0.4, -0.2) is 24.0 Å². The first kappa shape index (κ1) is 10.3. The second-order valence-electron chi connectivity index (χ2n) is 4.36. The van der Waals surface area contributed by atoms with Gasteiger partial charge in [-0.15, -0.1) is 0 Å². The molecule has 0 unspecified atom stereocenters. The van der Waals surface area contributed by atoms with Crippen molar-refractivity contribution in [1.29, 1.82) is 0 Å². The molecule has 0 fully saturated rings. The molecule has 0 aromatic carbocycles. The third-order valence-corrected chi connectivity index (χ3v) is 1.93. The summed E-state index contributed by atoms with van der Waals surface area (Å²) in [4.78, 5) is 5.44. The highest BCUT2D eigenvalue weighted by Crippen LogP contribution is 2.16. The lowest BCUT2D eigenvalue weighted by atomic mass is 10.0. The van der Waals surface area contributed by atoms with E-state index in [9.17, 15) is 0 Å². The minimum atomic E-state index is -0.273. The molecule has 0 saturated heterocycles. The molecule has 0 bridgehead atoms. The molecule has 0 radical (unpaired) electrons. The number of rotatable bonds is 3. The van der Waals surface area contributed by atoms with Gasteiger partial charge in [0, 0.05) is 17.9 Å². The first-order chi connectivity index (χ1) is 5.89. The highest BCUT2D eigenvalue weighted by atomic mass is 15.1. The summed E-state index contributed by atoms with van der Waals surface area (Å²) in [5.41, 5.74) is 7.98. The zero-order valence-corrected chi connectivity index (χ0v) is 8.89. The fourth-order valence-electron chi connectivity index (χ4n) is 1.25. The maximum Gasteiger partial charge on any atom is 0.0504 e. The molecule has 74 valence electrons. The van der Waals surface area contributed by atoms with Crippen molar-refractivity contribution in [3.63, 3.8) is 0 Å². The van der Waals surface area contributed by atoms with E-state index >= 15 is 0 Å². The quantitative estimate of drug-likeness (QED) is 0.737. The Hall–Kier alpha value is -0.800. The Morgan fingerprint density at radius 3 is 2.38 bits per heavy atom. The molecule has 3 nitrogen and oxygen atoms in total. The Morgan fingerprint density at radius 1 is 1.38 bits per heavy atom. The molecule has 1 aromatic heterocycles. The van der Waals surface area contributed by atoms with Crippen molar-refractivity contribution < 1.29 is 0 Å². The molecule has 0 aliphatic heterocycles. The molecule has 0 saturated carbocycles. The van der Waals surface area contributed by atoms with E-state index in [4.69, 9.17) is 5.73 Å². The van der Waals surface area contributed by atoms with E-state index in [1.165, 1.54) is 5.69 Å². The predicted octanol–water partition coefficient (Wildman–Crippen LogP) is 1.27. The van der Waals surface area contributed by atoms with Crippen LogP contribution in [0.2, 0.25) is 0 Å². The molecule has 0 aliphatic carbocycles. The fraction of sp³-hybridized carbons (Fsp3) is 0.600. The molecule has 0 atom stereocenters. The van der Waals surface area contributed by atoms with Crippen LogP contribution in [0.25, 0.3) is 0 Å².